The quantitative estimate of drug-likeness (QED) is 0.749. The number of ether oxygens (including phenoxy) is 2. The van der Waals surface area contributed by atoms with Crippen LogP contribution in [0.4, 0.5) is 0 Å². The number of carbonyl (C=O) groups excluding carboxylic acids is 1. The van der Waals surface area contributed by atoms with Crippen molar-refractivity contribution >= 4 is 33.2 Å². The lowest BCUT2D eigenvalue weighted by Crippen LogP contribution is -2.34. The maximum atomic E-state index is 12.1. The first-order chi connectivity index (χ1) is 11.0. The average molecular weight is 400 g/mol. The Morgan fingerprint density at radius 1 is 1.35 bits per heavy atom. The van der Waals surface area contributed by atoms with E-state index in [1.165, 1.54) is 7.11 Å². The van der Waals surface area contributed by atoms with Crippen LogP contribution in [0.15, 0.2) is 34.1 Å². The SMILES string of the molecule is COc1cc(C(=O)NC(C)CO)ccc1OCc1ccc(Br)s1. The zero-order chi connectivity index (χ0) is 16.8. The molecular weight excluding hydrogens is 382 g/mol. The average Bonchev–Trinajstić information content (AvgIpc) is 2.97. The van der Waals surface area contributed by atoms with Crippen molar-refractivity contribution in [1.82, 2.24) is 5.32 Å². The minimum absolute atomic E-state index is 0.111. The van der Waals surface area contributed by atoms with E-state index in [0.717, 1.165) is 8.66 Å². The summed E-state index contributed by atoms with van der Waals surface area (Å²) in [5.74, 6) is 0.798. The van der Waals surface area contributed by atoms with Crippen molar-refractivity contribution in [3.05, 3.63) is 44.6 Å². The van der Waals surface area contributed by atoms with Gasteiger partial charge in [0.25, 0.3) is 5.91 Å². The number of benzene rings is 1. The number of thiophene rings is 1. The van der Waals surface area contributed by atoms with Gasteiger partial charge in [0.15, 0.2) is 11.5 Å². The van der Waals surface area contributed by atoms with E-state index in [-0.39, 0.29) is 18.6 Å². The molecule has 0 saturated carbocycles. The van der Waals surface area contributed by atoms with Gasteiger partial charge < -0.3 is 19.9 Å². The molecule has 1 atom stereocenters. The molecule has 124 valence electrons. The van der Waals surface area contributed by atoms with E-state index in [4.69, 9.17) is 14.6 Å². The number of halogens is 1. The summed E-state index contributed by atoms with van der Waals surface area (Å²) in [6.45, 7) is 2.05. The molecule has 0 spiro atoms. The first-order valence-electron chi connectivity index (χ1n) is 7.00. The number of methoxy groups -OCH3 is 1. The molecule has 1 unspecified atom stereocenters. The molecule has 0 fully saturated rings. The highest BCUT2D eigenvalue weighted by atomic mass is 79.9. The Kier molecular flexibility index (Phi) is 6.44. The van der Waals surface area contributed by atoms with Crippen LogP contribution in [0.2, 0.25) is 0 Å². The molecule has 0 aliphatic carbocycles. The molecule has 1 amide bonds. The number of nitrogens with one attached hydrogen (secondary N) is 1. The van der Waals surface area contributed by atoms with E-state index < -0.39 is 0 Å². The summed E-state index contributed by atoms with van der Waals surface area (Å²) in [5.41, 5.74) is 0.452. The topological polar surface area (TPSA) is 67.8 Å². The van der Waals surface area contributed by atoms with E-state index in [2.05, 4.69) is 21.2 Å². The lowest BCUT2D eigenvalue weighted by atomic mass is 10.1. The maximum absolute atomic E-state index is 12.1. The van der Waals surface area contributed by atoms with E-state index in [0.29, 0.717) is 23.7 Å². The van der Waals surface area contributed by atoms with Gasteiger partial charge in [0.2, 0.25) is 0 Å². The predicted octanol–water partition coefficient (Wildman–Crippen LogP) is 3.21. The third-order valence-corrected chi connectivity index (χ3v) is 4.67. The fraction of sp³-hybridized carbons (Fsp3) is 0.312. The van der Waals surface area contributed by atoms with Crippen molar-refractivity contribution in [1.29, 1.82) is 0 Å². The van der Waals surface area contributed by atoms with E-state index >= 15 is 0 Å². The van der Waals surface area contributed by atoms with Crippen molar-refractivity contribution in [3.8, 4) is 11.5 Å². The van der Waals surface area contributed by atoms with Crippen LogP contribution in [0.3, 0.4) is 0 Å². The molecule has 1 aromatic carbocycles. The monoisotopic (exact) mass is 399 g/mol. The molecule has 2 N–H and O–H groups in total. The van der Waals surface area contributed by atoms with Gasteiger partial charge in [-0.15, -0.1) is 11.3 Å². The van der Waals surface area contributed by atoms with E-state index in [9.17, 15) is 4.79 Å². The van der Waals surface area contributed by atoms with Gasteiger partial charge in [-0.2, -0.15) is 0 Å². The molecule has 0 bridgehead atoms. The Morgan fingerprint density at radius 2 is 2.13 bits per heavy atom. The number of carbonyl (C=O) groups is 1. The summed E-state index contributed by atoms with van der Waals surface area (Å²) >= 11 is 5.01. The number of rotatable bonds is 7. The molecule has 7 heteroatoms. The molecular formula is C16H18BrNO4S. The number of aliphatic hydroxyl groups excluding tert-OH is 1. The van der Waals surface area contributed by atoms with Gasteiger partial charge in [0.1, 0.15) is 6.61 Å². The zero-order valence-electron chi connectivity index (χ0n) is 12.8. The molecule has 0 saturated heterocycles. The van der Waals surface area contributed by atoms with Crippen LogP contribution in [-0.2, 0) is 6.61 Å². The van der Waals surface area contributed by atoms with Gasteiger partial charge in [0.05, 0.1) is 17.5 Å². The minimum Gasteiger partial charge on any atom is -0.493 e. The second-order valence-electron chi connectivity index (χ2n) is 4.92. The van der Waals surface area contributed by atoms with E-state index in [1.54, 1.807) is 36.5 Å². The highest BCUT2D eigenvalue weighted by molar-refractivity contribution is 9.11. The van der Waals surface area contributed by atoms with Crippen molar-refractivity contribution in [2.24, 2.45) is 0 Å². The molecule has 0 radical (unpaired) electrons. The van der Waals surface area contributed by atoms with Crippen molar-refractivity contribution in [2.45, 2.75) is 19.6 Å². The first kappa shape index (κ1) is 17.8. The van der Waals surface area contributed by atoms with Crippen molar-refractivity contribution < 1.29 is 19.4 Å². The van der Waals surface area contributed by atoms with Gasteiger partial charge in [-0.25, -0.2) is 0 Å². The summed E-state index contributed by atoms with van der Waals surface area (Å²) in [6.07, 6.45) is 0. The third kappa shape index (κ3) is 4.95. The van der Waals surface area contributed by atoms with Crippen LogP contribution in [-0.4, -0.2) is 30.8 Å². The lowest BCUT2D eigenvalue weighted by molar-refractivity contribution is 0.0922. The maximum Gasteiger partial charge on any atom is 0.251 e. The summed E-state index contributed by atoms with van der Waals surface area (Å²) in [4.78, 5) is 13.1. The smallest absolute Gasteiger partial charge is 0.251 e. The molecule has 5 nitrogen and oxygen atoms in total. The molecule has 1 heterocycles. The molecule has 23 heavy (non-hydrogen) atoms. The lowest BCUT2D eigenvalue weighted by Gasteiger charge is -2.13. The number of amides is 1. The van der Waals surface area contributed by atoms with Crippen LogP contribution < -0.4 is 14.8 Å². The van der Waals surface area contributed by atoms with Crippen molar-refractivity contribution in [3.63, 3.8) is 0 Å². The second kappa shape index (κ2) is 8.33. The predicted molar refractivity (Wildman–Crippen MR) is 93.4 cm³/mol. The number of hydrogen-bond donors (Lipinski definition) is 2. The number of aliphatic hydroxyl groups is 1. The highest BCUT2D eigenvalue weighted by Gasteiger charge is 2.13. The van der Waals surface area contributed by atoms with Crippen LogP contribution in [0.5, 0.6) is 11.5 Å². The zero-order valence-corrected chi connectivity index (χ0v) is 15.2. The van der Waals surface area contributed by atoms with Gasteiger partial charge in [-0.3, -0.25) is 4.79 Å². The Bertz CT molecular complexity index is 674. The third-order valence-electron chi connectivity index (χ3n) is 3.08. The van der Waals surface area contributed by atoms with Crippen LogP contribution in [0.25, 0.3) is 0 Å². The van der Waals surface area contributed by atoms with Crippen LogP contribution in [0, 0.1) is 0 Å². The Morgan fingerprint density at radius 3 is 2.74 bits per heavy atom. The normalized spacial score (nSPS) is 11.8. The Labute approximate surface area is 147 Å². The largest absolute Gasteiger partial charge is 0.493 e. The number of hydrogen-bond acceptors (Lipinski definition) is 5. The molecule has 1 aromatic heterocycles. The fourth-order valence-corrected chi connectivity index (χ4v) is 3.26. The molecule has 0 aliphatic rings. The molecule has 2 rings (SSSR count). The van der Waals surface area contributed by atoms with Crippen LogP contribution in [0.1, 0.15) is 22.2 Å². The van der Waals surface area contributed by atoms with Gasteiger partial charge >= 0.3 is 0 Å². The van der Waals surface area contributed by atoms with Gasteiger partial charge in [-0.1, -0.05) is 0 Å². The second-order valence-corrected chi connectivity index (χ2v) is 7.46. The van der Waals surface area contributed by atoms with E-state index in [1.807, 2.05) is 12.1 Å². The minimum atomic E-state index is -0.304. The van der Waals surface area contributed by atoms with Crippen molar-refractivity contribution in [2.75, 3.05) is 13.7 Å². The standard InChI is InChI=1S/C16H18BrNO4S/c1-10(8-19)18-16(20)11-3-5-13(14(7-11)21-2)22-9-12-4-6-15(17)23-12/h3-7,10,19H,8-9H2,1-2H3,(H,18,20). The van der Waals surface area contributed by atoms with Gasteiger partial charge in [0, 0.05) is 16.5 Å². The Hall–Kier alpha value is -1.57. The van der Waals surface area contributed by atoms with Gasteiger partial charge in [-0.05, 0) is 53.2 Å². The Balaban J connectivity index is 2.08. The summed E-state index contributed by atoms with van der Waals surface area (Å²) in [6, 6.07) is 8.65. The molecule has 2 aromatic rings. The highest BCUT2D eigenvalue weighted by Crippen LogP contribution is 2.30. The summed E-state index contributed by atoms with van der Waals surface area (Å²) < 4.78 is 12.1. The fourth-order valence-electron chi connectivity index (χ4n) is 1.86. The molecule has 0 aliphatic heterocycles. The van der Waals surface area contributed by atoms with Crippen LogP contribution >= 0.6 is 27.3 Å². The summed E-state index contributed by atoms with van der Waals surface area (Å²) in [7, 11) is 1.53. The summed E-state index contributed by atoms with van der Waals surface area (Å²) in [5, 5.41) is 11.7. The first-order valence-corrected chi connectivity index (χ1v) is 8.61.